The van der Waals surface area contributed by atoms with Crippen molar-refractivity contribution in [1.29, 1.82) is 0 Å². The number of hydrogen-bond donors (Lipinski definition) is 1. The van der Waals surface area contributed by atoms with Gasteiger partial charge in [0.25, 0.3) is 0 Å². The summed E-state index contributed by atoms with van der Waals surface area (Å²) in [5.41, 5.74) is 2.45. The zero-order chi connectivity index (χ0) is 40.8. The highest BCUT2D eigenvalue weighted by Crippen LogP contribution is 2.39. The number of amides is 2. The van der Waals surface area contributed by atoms with Crippen LogP contribution < -0.4 is 14.8 Å². The molecular weight excluding hydrogens is 777 g/mol. The fourth-order valence-electron chi connectivity index (χ4n) is 6.75. The van der Waals surface area contributed by atoms with E-state index < -0.39 is 23.2 Å². The van der Waals surface area contributed by atoms with E-state index >= 15 is 0 Å². The van der Waals surface area contributed by atoms with Gasteiger partial charge < -0.3 is 34.1 Å². The van der Waals surface area contributed by atoms with Crippen molar-refractivity contribution in [3.05, 3.63) is 91.9 Å². The standard InChI is InChI=1S/C43H54Cl3N3O7/c1-27-20-36(45)39(37(46)21-27)54-19-18-53-32-13-9-29(10-14-32)33-16-17-48(41(52)56-43(5,6)7)26-34(33)40(51)49(31-11-12-31)25-30-22-28(8-15-35(30)44)23-47-24-38(50)55-42(2,3)4/h8-10,13-15,20-22,31,33-34,47H,11-12,16-19,23-26H2,1-7H3/t33-,34+/m1/s1. The number of halogens is 3. The van der Waals surface area contributed by atoms with Crippen LogP contribution in [-0.2, 0) is 32.2 Å². The molecule has 304 valence electrons. The zero-order valence-electron chi connectivity index (χ0n) is 33.4. The van der Waals surface area contributed by atoms with Crippen molar-refractivity contribution in [2.75, 3.05) is 32.8 Å². The molecule has 3 aromatic rings. The molecule has 1 saturated heterocycles. The fraction of sp³-hybridized carbons (Fsp3) is 0.512. The second-order valence-corrected chi connectivity index (χ2v) is 17.8. The van der Waals surface area contributed by atoms with Crippen molar-refractivity contribution < 1.29 is 33.3 Å². The van der Waals surface area contributed by atoms with Gasteiger partial charge in [-0.2, -0.15) is 0 Å². The van der Waals surface area contributed by atoms with Gasteiger partial charge in [0, 0.05) is 37.2 Å². The van der Waals surface area contributed by atoms with Crippen LogP contribution in [0.25, 0.3) is 0 Å². The van der Waals surface area contributed by atoms with E-state index in [1.165, 1.54) is 0 Å². The molecule has 1 aliphatic carbocycles. The number of carbonyl (C=O) groups excluding carboxylic acids is 3. The van der Waals surface area contributed by atoms with Gasteiger partial charge in [0.1, 0.15) is 30.2 Å². The maximum atomic E-state index is 14.8. The second-order valence-electron chi connectivity index (χ2n) is 16.6. The molecule has 1 heterocycles. The van der Waals surface area contributed by atoms with E-state index in [0.29, 0.717) is 52.6 Å². The van der Waals surface area contributed by atoms with Crippen molar-refractivity contribution in [2.45, 2.75) is 104 Å². The molecule has 2 amide bonds. The molecule has 1 N–H and O–H groups in total. The molecule has 1 saturated carbocycles. The average Bonchev–Trinajstić information content (AvgIpc) is 3.95. The van der Waals surface area contributed by atoms with Gasteiger partial charge in [-0.3, -0.25) is 9.59 Å². The van der Waals surface area contributed by atoms with E-state index in [0.717, 1.165) is 35.1 Å². The maximum absolute atomic E-state index is 14.8. The highest BCUT2D eigenvalue weighted by molar-refractivity contribution is 6.37. The number of rotatable bonds is 14. The van der Waals surface area contributed by atoms with Gasteiger partial charge in [-0.15, -0.1) is 0 Å². The summed E-state index contributed by atoms with van der Waals surface area (Å²) in [5.74, 6) is 0.0575. The van der Waals surface area contributed by atoms with E-state index in [9.17, 15) is 14.4 Å². The zero-order valence-corrected chi connectivity index (χ0v) is 35.7. The van der Waals surface area contributed by atoms with Crippen LogP contribution in [0.4, 0.5) is 4.79 Å². The van der Waals surface area contributed by atoms with Crippen molar-refractivity contribution in [2.24, 2.45) is 5.92 Å². The molecule has 0 bridgehead atoms. The summed E-state index contributed by atoms with van der Waals surface area (Å²) in [5, 5.41) is 4.60. The van der Waals surface area contributed by atoms with Gasteiger partial charge in [0.15, 0.2) is 5.75 Å². The SMILES string of the molecule is Cc1cc(Cl)c(OCCOc2ccc([C@H]3CCN(C(=O)OC(C)(C)C)C[C@@H]3C(=O)N(Cc3cc(CNCC(=O)OC(C)(C)C)ccc3Cl)C3CC3)cc2)c(Cl)c1. The number of likely N-dealkylation sites (tertiary alicyclic amines) is 1. The van der Waals surface area contributed by atoms with Crippen molar-refractivity contribution in [3.8, 4) is 11.5 Å². The molecular formula is C43H54Cl3N3O7. The number of carbonyl (C=O) groups is 3. The van der Waals surface area contributed by atoms with Gasteiger partial charge in [-0.25, -0.2) is 4.79 Å². The average molecular weight is 831 g/mol. The lowest BCUT2D eigenvalue weighted by molar-refractivity contribution is -0.153. The van der Waals surface area contributed by atoms with Gasteiger partial charge in [0.05, 0.1) is 22.5 Å². The number of benzene rings is 3. The van der Waals surface area contributed by atoms with Crippen molar-refractivity contribution in [3.63, 3.8) is 0 Å². The van der Waals surface area contributed by atoms with Crippen LogP contribution >= 0.6 is 34.8 Å². The van der Waals surface area contributed by atoms with E-state index in [-0.39, 0.29) is 50.1 Å². The molecule has 3 aromatic carbocycles. The summed E-state index contributed by atoms with van der Waals surface area (Å²) in [4.78, 5) is 43.9. The first kappa shape index (κ1) is 43.4. The molecule has 0 radical (unpaired) electrons. The van der Waals surface area contributed by atoms with Crippen molar-refractivity contribution in [1.82, 2.24) is 15.1 Å². The normalized spacial score (nSPS) is 17.3. The highest BCUT2D eigenvalue weighted by Gasteiger charge is 2.43. The first-order valence-corrected chi connectivity index (χ1v) is 20.3. The molecule has 0 aromatic heterocycles. The van der Waals surface area contributed by atoms with E-state index in [1.54, 1.807) is 17.0 Å². The third-order valence-electron chi connectivity index (χ3n) is 9.37. The molecule has 0 spiro atoms. The van der Waals surface area contributed by atoms with Crippen LogP contribution in [0.2, 0.25) is 15.1 Å². The minimum atomic E-state index is -0.670. The van der Waals surface area contributed by atoms with Crippen molar-refractivity contribution >= 4 is 52.8 Å². The summed E-state index contributed by atoms with van der Waals surface area (Å²) in [7, 11) is 0. The Labute approximate surface area is 346 Å². The van der Waals surface area contributed by atoms with E-state index in [1.807, 2.05) is 95.8 Å². The monoisotopic (exact) mass is 829 g/mol. The molecule has 2 fully saturated rings. The Balaban J connectivity index is 1.29. The Bertz CT molecular complexity index is 1830. The summed E-state index contributed by atoms with van der Waals surface area (Å²) in [6, 6.07) is 17.1. The van der Waals surface area contributed by atoms with Gasteiger partial charge in [0.2, 0.25) is 5.91 Å². The topological polar surface area (TPSA) is 107 Å². The molecule has 1 aliphatic heterocycles. The summed E-state index contributed by atoms with van der Waals surface area (Å²) in [6.45, 7) is 14.9. The Morgan fingerprint density at radius 1 is 0.821 bits per heavy atom. The van der Waals surface area contributed by atoms with Gasteiger partial charge >= 0.3 is 12.1 Å². The number of piperidine rings is 1. The number of aryl methyl sites for hydroxylation is 1. The molecule has 5 rings (SSSR count). The van der Waals surface area contributed by atoms with Crippen LogP contribution in [-0.4, -0.2) is 77.9 Å². The first-order valence-electron chi connectivity index (χ1n) is 19.2. The third kappa shape index (κ3) is 12.7. The van der Waals surface area contributed by atoms with Gasteiger partial charge in [-0.1, -0.05) is 59.1 Å². The predicted octanol–water partition coefficient (Wildman–Crippen LogP) is 9.38. The lowest BCUT2D eigenvalue weighted by atomic mass is 9.79. The van der Waals surface area contributed by atoms with Crippen LogP contribution in [0.15, 0.2) is 54.6 Å². The number of ether oxygens (including phenoxy) is 4. The van der Waals surface area contributed by atoms with E-state index in [4.69, 9.17) is 53.8 Å². The van der Waals surface area contributed by atoms with Gasteiger partial charge in [-0.05, 0) is 126 Å². The minimum absolute atomic E-state index is 0.0267. The van der Waals surface area contributed by atoms with E-state index in [2.05, 4.69) is 5.32 Å². The smallest absolute Gasteiger partial charge is 0.410 e. The van der Waals surface area contributed by atoms with Crippen LogP contribution in [0, 0.1) is 12.8 Å². The minimum Gasteiger partial charge on any atom is -0.490 e. The molecule has 2 atom stereocenters. The van der Waals surface area contributed by atoms with Crippen LogP contribution in [0.3, 0.4) is 0 Å². The summed E-state index contributed by atoms with van der Waals surface area (Å²) < 4.78 is 22.9. The largest absolute Gasteiger partial charge is 0.490 e. The molecule has 2 aliphatic rings. The number of hydrogen-bond acceptors (Lipinski definition) is 8. The molecule has 0 unspecified atom stereocenters. The van der Waals surface area contributed by atoms with Crippen LogP contribution in [0.5, 0.6) is 11.5 Å². The fourth-order valence-corrected chi connectivity index (χ4v) is 7.63. The highest BCUT2D eigenvalue weighted by atomic mass is 35.5. The Morgan fingerprint density at radius 3 is 2.09 bits per heavy atom. The summed E-state index contributed by atoms with van der Waals surface area (Å²) >= 11 is 19.4. The maximum Gasteiger partial charge on any atom is 0.410 e. The number of nitrogens with zero attached hydrogens (tertiary/aromatic N) is 2. The third-order valence-corrected chi connectivity index (χ3v) is 10.3. The quantitative estimate of drug-likeness (QED) is 0.127. The molecule has 13 heteroatoms. The number of nitrogens with one attached hydrogen (secondary N) is 1. The Kier molecular flexibility index (Phi) is 14.5. The lowest BCUT2D eigenvalue weighted by Crippen LogP contribution is -2.51. The first-order chi connectivity index (χ1) is 26.4. The van der Waals surface area contributed by atoms with Crippen LogP contribution in [0.1, 0.15) is 89.0 Å². The molecule has 56 heavy (non-hydrogen) atoms. The molecule has 10 nitrogen and oxygen atoms in total. The second kappa shape index (κ2) is 18.7. The summed E-state index contributed by atoms with van der Waals surface area (Å²) in [6.07, 6.45) is 1.94. The lowest BCUT2D eigenvalue weighted by Gasteiger charge is -2.40. The number of esters is 1. The predicted molar refractivity (Wildman–Crippen MR) is 220 cm³/mol. The Morgan fingerprint density at radius 2 is 1.46 bits per heavy atom. The Hall–Kier alpha value is -3.70.